The van der Waals surface area contributed by atoms with Gasteiger partial charge in [-0.25, -0.2) is 0 Å². The van der Waals surface area contributed by atoms with Gasteiger partial charge < -0.3 is 15.4 Å². The van der Waals surface area contributed by atoms with E-state index in [9.17, 15) is 9.59 Å². The fourth-order valence-corrected chi connectivity index (χ4v) is 3.13. The molecule has 1 atom stereocenters. The highest BCUT2D eigenvalue weighted by Gasteiger charge is 2.29. The number of rotatable bonds is 6. The van der Waals surface area contributed by atoms with Crippen LogP contribution in [-0.2, 0) is 9.59 Å². The number of thioether (sulfide) groups is 1. The first-order valence-electron chi connectivity index (χ1n) is 7.73. The van der Waals surface area contributed by atoms with E-state index < -0.39 is 6.10 Å². The van der Waals surface area contributed by atoms with Gasteiger partial charge in [-0.3, -0.25) is 9.59 Å². The van der Waals surface area contributed by atoms with E-state index in [0.29, 0.717) is 18.0 Å². The maximum atomic E-state index is 12.0. The maximum Gasteiger partial charge on any atom is 0.266 e. The van der Waals surface area contributed by atoms with Gasteiger partial charge in [0.2, 0.25) is 5.91 Å². The second-order valence-electron chi connectivity index (χ2n) is 5.31. The van der Waals surface area contributed by atoms with Crippen LogP contribution in [0.4, 0.5) is 5.69 Å². The summed E-state index contributed by atoms with van der Waals surface area (Å²) in [4.78, 5) is 25.2. The quantitative estimate of drug-likeness (QED) is 0.626. The smallest absolute Gasteiger partial charge is 0.266 e. The molecule has 0 unspecified atom stereocenters. The van der Waals surface area contributed by atoms with Crippen molar-refractivity contribution in [1.82, 2.24) is 5.32 Å². The molecule has 1 heterocycles. The molecule has 3 rings (SSSR count). The van der Waals surface area contributed by atoms with Crippen molar-refractivity contribution in [3.8, 4) is 5.75 Å². The molecule has 24 heavy (non-hydrogen) atoms. The Kier molecular flexibility index (Phi) is 5.38. The highest BCUT2D eigenvalue weighted by atomic mass is 32.2. The lowest BCUT2D eigenvalue weighted by atomic mass is 10.1. The number of hydrogen-bond acceptors (Lipinski definition) is 4. The van der Waals surface area contributed by atoms with Gasteiger partial charge in [0.25, 0.3) is 5.91 Å². The second kappa shape index (κ2) is 7.88. The molecule has 0 spiro atoms. The van der Waals surface area contributed by atoms with Gasteiger partial charge in [0, 0.05) is 17.2 Å². The number of para-hydroxylation sites is 2. The Hall–Kier alpha value is -2.47. The first kappa shape index (κ1) is 16.4. The number of anilines is 1. The molecule has 6 heteroatoms. The van der Waals surface area contributed by atoms with E-state index in [-0.39, 0.29) is 18.2 Å². The average Bonchev–Trinajstić information content (AvgIpc) is 2.60. The van der Waals surface area contributed by atoms with Crippen molar-refractivity contribution >= 4 is 29.3 Å². The molecule has 5 nitrogen and oxygen atoms in total. The van der Waals surface area contributed by atoms with Crippen LogP contribution < -0.4 is 15.4 Å². The highest BCUT2D eigenvalue weighted by Crippen LogP contribution is 2.29. The summed E-state index contributed by atoms with van der Waals surface area (Å²) in [5.74, 6) is 0.885. The van der Waals surface area contributed by atoms with Crippen molar-refractivity contribution in [3.63, 3.8) is 0 Å². The number of carbonyl (C=O) groups excluding carboxylic acids is 2. The summed E-state index contributed by atoms with van der Waals surface area (Å²) in [6, 6.07) is 17.2. The van der Waals surface area contributed by atoms with E-state index in [1.54, 1.807) is 23.9 Å². The first-order valence-corrected chi connectivity index (χ1v) is 8.72. The zero-order chi connectivity index (χ0) is 16.8. The number of ether oxygens (including phenoxy) is 1. The van der Waals surface area contributed by atoms with Crippen LogP contribution >= 0.6 is 11.8 Å². The van der Waals surface area contributed by atoms with Gasteiger partial charge >= 0.3 is 0 Å². The van der Waals surface area contributed by atoms with E-state index in [1.807, 2.05) is 42.5 Å². The topological polar surface area (TPSA) is 67.4 Å². The molecule has 0 saturated carbocycles. The number of benzene rings is 2. The molecule has 0 fully saturated rings. The van der Waals surface area contributed by atoms with E-state index in [1.165, 1.54) is 4.90 Å². The lowest BCUT2D eigenvalue weighted by molar-refractivity contribution is -0.130. The number of carbonyl (C=O) groups is 2. The van der Waals surface area contributed by atoms with Gasteiger partial charge in [0.1, 0.15) is 5.75 Å². The standard InChI is InChI=1S/C18H18N2O3S/c21-17(19-10-11-24-13-6-2-1-3-7-13)12-16-18(22)20-14-8-4-5-9-15(14)23-16/h1-9,16H,10-12H2,(H,19,21)(H,20,22)/t16-/m0/s1. The molecule has 0 radical (unpaired) electrons. The second-order valence-corrected chi connectivity index (χ2v) is 6.48. The summed E-state index contributed by atoms with van der Waals surface area (Å²) in [7, 11) is 0. The molecule has 2 N–H and O–H groups in total. The number of nitrogens with one attached hydrogen (secondary N) is 2. The molecule has 124 valence electrons. The third kappa shape index (κ3) is 4.29. The minimum atomic E-state index is -0.790. The Morgan fingerprint density at radius 1 is 1.12 bits per heavy atom. The molecule has 0 bridgehead atoms. The van der Waals surface area contributed by atoms with E-state index in [2.05, 4.69) is 10.6 Å². The largest absolute Gasteiger partial charge is 0.478 e. The van der Waals surface area contributed by atoms with Crippen LogP contribution in [-0.4, -0.2) is 30.2 Å². The summed E-state index contributed by atoms with van der Waals surface area (Å²) >= 11 is 1.67. The van der Waals surface area contributed by atoms with Gasteiger partial charge in [0.05, 0.1) is 12.1 Å². The third-order valence-electron chi connectivity index (χ3n) is 3.51. The highest BCUT2D eigenvalue weighted by molar-refractivity contribution is 7.99. The lowest BCUT2D eigenvalue weighted by Gasteiger charge is -2.25. The molecule has 2 aromatic rings. The molecule has 0 aliphatic carbocycles. The van der Waals surface area contributed by atoms with Gasteiger partial charge in [-0.2, -0.15) is 0 Å². The van der Waals surface area contributed by atoms with Crippen LogP contribution in [0.15, 0.2) is 59.5 Å². The minimum absolute atomic E-state index is 0.0101. The van der Waals surface area contributed by atoms with E-state index >= 15 is 0 Å². The van der Waals surface area contributed by atoms with Gasteiger partial charge in [0.15, 0.2) is 6.10 Å². The zero-order valence-corrected chi connectivity index (χ0v) is 13.8. The Balaban J connectivity index is 1.43. The van der Waals surface area contributed by atoms with Crippen LogP contribution in [0.2, 0.25) is 0 Å². The zero-order valence-electron chi connectivity index (χ0n) is 13.0. The number of fused-ring (bicyclic) bond motifs is 1. The van der Waals surface area contributed by atoms with E-state index in [4.69, 9.17) is 4.74 Å². The molecule has 0 saturated heterocycles. The fourth-order valence-electron chi connectivity index (χ4n) is 2.34. The fraction of sp³-hybridized carbons (Fsp3) is 0.222. The van der Waals surface area contributed by atoms with Crippen molar-refractivity contribution in [1.29, 1.82) is 0 Å². The van der Waals surface area contributed by atoms with Gasteiger partial charge in [-0.05, 0) is 24.3 Å². The van der Waals surface area contributed by atoms with Crippen LogP contribution in [0, 0.1) is 0 Å². The monoisotopic (exact) mass is 342 g/mol. The number of hydrogen-bond donors (Lipinski definition) is 2. The van der Waals surface area contributed by atoms with Crippen LogP contribution in [0.3, 0.4) is 0 Å². The molecule has 2 amide bonds. The normalized spacial score (nSPS) is 15.8. The SMILES string of the molecule is O=C(C[C@@H]1Oc2ccccc2NC1=O)NCCSc1ccccc1. The molecular formula is C18H18N2O3S. The third-order valence-corrected chi connectivity index (χ3v) is 4.53. The van der Waals surface area contributed by atoms with Crippen LogP contribution in [0.1, 0.15) is 6.42 Å². The van der Waals surface area contributed by atoms with Crippen LogP contribution in [0.25, 0.3) is 0 Å². The summed E-state index contributed by atoms with van der Waals surface area (Å²) in [5, 5.41) is 5.58. The van der Waals surface area contributed by atoms with Gasteiger partial charge in [-0.1, -0.05) is 30.3 Å². The molecule has 0 aromatic heterocycles. The maximum absolute atomic E-state index is 12.0. The summed E-state index contributed by atoms with van der Waals surface area (Å²) in [6.45, 7) is 0.545. The average molecular weight is 342 g/mol. The number of amides is 2. The Bertz CT molecular complexity index is 721. The van der Waals surface area contributed by atoms with Crippen molar-refractivity contribution < 1.29 is 14.3 Å². The summed E-state index contributed by atoms with van der Waals surface area (Å²) in [6.07, 6.45) is -0.780. The Morgan fingerprint density at radius 3 is 2.71 bits per heavy atom. The molecular weight excluding hydrogens is 324 g/mol. The van der Waals surface area contributed by atoms with Crippen molar-refractivity contribution in [2.45, 2.75) is 17.4 Å². The summed E-state index contributed by atoms with van der Waals surface area (Å²) < 4.78 is 5.61. The summed E-state index contributed by atoms with van der Waals surface area (Å²) in [5.41, 5.74) is 0.637. The Labute approximate surface area is 144 Å². The minimum Gasteiger partial charge on any atom is -0.478 e. The molecule has 2 aromatic carbocycles. The molecule has 1 aliphatic heterocycles. The van der Waals surface area contributed by atoms with E-state index in [0.717, 1.165) is 5.75 Å². The lowest BCUT2D eigenvalue weighted by Crippen LogP contribution is -2.41. The van der Waals surface area contributed by atoms with Crippen molar-refractivity contribution in [2.24, 2.45) is 0 Å². The predicted octanol–water partition coefficient (Wildman–Crippen LogP) is 2.68. The Morgan fingerprint density at radius 2 is 1.88 bits per heavy atom. The first-order chi connectivity index (χ1) is 11.7. The van der Waals surface area contributed by atoms with Crippen molar-refractivity contribution in [3.05, 3.63) is 54.6 Å². The van der Waals surface area contributed by atoms with Crippen molar-refractivity contribution in [2.75, 3.05) is 17.6 Å². The predicted molar refractivity (Wildman–Crippen MR) is 94.3 cm³/mol. The molecule has 1 aliphatic rings. The van der Waals surface area contributed by atoms with Gasteiger partial charge in [-0.15, -0.1) is 11.8 Å². The van der Waals surface area contributed by atoms with Crippen LogP contribution in [0.5, 0.6) is 5.75 Å².